The maximum Gasteiger partial charge on any atom is 0.481 e. The van der Waals surface area contributed by atoms with E-state index in [0.29, 0.717) is 0 Å². The largest absolute Gasteiger partial charge is 0.481 e. The summed E-state index contributed by atoms with van der Waals surface area (Å²) in [6.45, 7) is -1.79. The third-order valence-electron chi connectivity index (χ3n) is 6.88. The predicted octanol–water partition coefficient (Wildman–Crippen LogP) is -3.45. The van der Waals surface area contributed by atoms with Crippen molar-refractivity contribution in [3.63, 3.8) is 0 Å². The Bertz CT molecular complexity index is 1570. The van der Waals surface area contributed by atoms with Crippen LogP contribution < -0.4 is 11.5 Å². The first-order valence-electron chi connectivity index (χ1n) is 12.7. The van der Waals surface area contributed by atoms with Gasteiger partial charge in [0, 0.05) is 77.1 Å². The molecule has 2 fully saturated rings. The molecule has 10 atom stereocenters. The van der Waals surface area contributed by atoms with Crippen LogP contribution in [0.1, 0.15) is 12.6 Å². The molecule has 10 N–H and O–H groups in total. The molecule has 2 aromatic rings. The van der Waals surface area contributed by atoms with Crippen molar-refractivity contribution in [1.29, 1.82) is 0 Å². The van der Waals surface area contributed by atoms with Crippen LogP contribution in [-0.4, -0.2) is 176 Å². The normalized spacial score (nSPS) is 31.9. The molecule has 1 amide bonds. The summed E-state index contributed by atoms with van der Waals surface area (Å²) in [5.41, 5.74) is 11.6. The van der Waals surface area contributed by atoms with Crippen LogP contribution in [0.5, 0.6) is 0 Å². The van der Waals surface area contributed by atoms with Crippen LogP contribution >= 0.6 is 15.6 Å². The van der Waals surface area contributed by atoms with Gasteiger partial charge in [-0.3, -0.25) is 18.4 Å². The van der Waals surface area contributed by atoms with Gasteiger partial charge in [-0.25, -0.2) is 24.1 Å². The van der Waals surface area contributed by atoms with E-state index in [9.17, 15) is 44.1 Å². The van der Waals surface area contributed by atoms with E-state index in [1.807, 2.05) is 0 Å². The topological polar surface area (TPSA) is 318 Å². The van der Waals surface area contributed by atoms with Crippen LogP contribution in [-0.2, 0) is 36.8 Å². The average Bonchev–Trinajstić information content (AvgIpc) is 3.61. The molecule has 244 valence electrons. The zero-order valence-corrected chi connectivity index (χ0v) is 30.2. The van der Waals surface area contributed by atoms with E-state index in [0.717, 1.165) is 6.33 Å². The minimum absolute atomic E-state index is 0. The number of nitrogens with zero attached hydrogens (tertiary/aromatic N) is 5. The number of anilines is 1. The standard InChI is InChI=1S/C21H29N7O14P2.2Na/c22-17-12-19(25-7-24-17)28(8-26-12)21-16(32)14(30)11(41-21)6-39-44(36,37)42-43(34,35)38-5-10-13(29)15(31)20(40-10)27-3-1-2-9(4-27)18(23)33;;/h1,3-4,7-8,10-11,13-16,20-21,29-32H,2,5-6H2,(H2,23,33)(H,34,35)(H,36,37)(H2,22,24,25);;/t10-,11+,13-,14+,15-,16+,20+,21+;;/m1../s1. The van der Waals surface area contributed by atoms with E-state index >= 15 is 0 Å². The number of rotatable bonds is 11. The van der Waals surface area contributed by atoms with Gasteiger partial charge in [-0.2, -0.15) is 4.31 Å². The number of aliphatic hydroxyl groups is 4. The Balaban J connectivity index is 0.00000288. The zero-order valence-electron chi connectivity index (χ0n) is 24.4. The first-order valence-corrected chi connectivity index (χ1v) is 15.7. The molecule has 0 bridgehead atoms. The fraction of sp³-hybridized carbons (Fsp3) is 0.524. The Morgan fingerprint density at radius 3 is 2.09 bits per heavy atom. The van der Waals surface area contributed by atoms with Crippen LogP contribution in [0, 0.1) is 0 Å². The van der Waals surface area contributed by atoms with E-state index < -0.39 is 83.8 Å². The number of allylic oxidation sites excluding steroid dienone is 1. The Morgan fingerprint density at radius 2 is 1.50 bits per heavy atom. The van der Waals surface area contributed by atoms with Gasteiger partial charge >= 0.3 is 15.6 Å². The van der Waals surface area contributed by atoms with Crippen molar-refractivity contribution in [2.24, 2.45) is 5.73 Å². The molecule has 5 rings (SSSR count). The molecule has 0 spiro atoms. The van der Waals surface area contributed by atoms with Crippen molar-refractivity contribution < 1.29 is 67.0 Å². The third-order valence-corrected chi connectivity index (χ3v) is 9.48. The van der Waals surface area contributed by atoms with Crippen LogP contribution in [0.25, 0.3) is 11.2 Å². The Kier molecular flexibility index (Phi) is 13.6. The number of ether oxygens (including phenoxy) is 2. The Hall–Kier alpha value is -0.880. The predicted molar refractivity (Wildman–Crippen MR) is 153 cm³/mol. The fourth-order valence-corrected chi connectivity index (χ4v) is 6.77. The molecule has 2 unspecified atom stereocenters. The van der Waals surface area contributed by atoms with E-state index in [-0.39, 0.29) is 88.1 Å². The van der Waals surface area contributed by atoms with Gasteiger partial charge in [0.05, 0.1) is 19.5 Å². The summed E-state index contributed by atoms with van der Waals surface area (Å²) >= 11 is 0. The second-order valence-corrected chi connectivity index (χ2v) is 12.9. The second kappa shape index (κ2) is 15.8. The molecule has 3 aliphatic heterocycles. The maximum atomic E-state index is 12.4. The first-order chi connectivity index (χ1) is 20.7. The number of fused-ring (bicyclic) bond motifs is 1. The quantitative estimate of drug-likeness (QED) is 0.0830. The van der Waals surface area contributed by atoms with Crippen LogP contribution in [0.15, 0.2) is 36.7 Å². The summed E-state index contributed by atoms with van der Waals surface area (Å²) in [6.07, 6.45) is -4.88. The molecule has 0 aliphatic carbocycles. The number of nitrogen functional groups attached to an aromatic ring is 1. The number of carbonyl (C=O) groups is 1. The van der Waals surface area contributed by atoms with Crippen LogP contribution in [0.3, 0.4) is 0 Å². The molecule has 46 heavy (non-hydrogen) atoms. The van der Waals surface area contributed by atoms with Gasteiger partial charge in [-0.05, 0) is 6.42 Å². The zero-order chi connectivity index (χ0) is 32.0. The van der Waals surface area contributed by atoms with Crippen molar-refractivity contribution in [3.05, 3.63) is 36.7 Å². The smallest absolute Gasteiger partial charge is 0.387 e. The molecule has 25 heteroatoms. The van der Waals surface area contributed by atoms with E-state index in [4.69, 9.17) is 30.0 Å². The second-order valence-electron chi connectivity index (χ2n) is 9.84. The molecule has 2 aromatic heterocycles. The van der Waals surface area contributed by atoms with Crippen LogP contribution in [0.4, 0.5) is 5.82 Å². The summed E-state index contributed by atoms with van der Waals surface area (Å²) in [5.74, 6) is -0.658. The number of phosphoric acid groups is 2. The number of imidazole rings is 1. The molecule has 0 aromatic carbocycles. The molecule has 5 heterocycles. The van der Waals surface area contributed by atoms with Crippen molar-refractivity contribution >= 4 is 97.6 Å². The number of phosphoric ester groups is 2. The van der Waals surface area contributed by atoms with Gasteiger partial charge in [-0.1, -0.05) is 6.08 Å². The third kappa shape index (κ3) is 8.64. The monoisotopic (exact) mass is 711 g/mol. The van der Waals surface area contributed by atoms with Crippen molar-refractivity contribution in [3.8, 4) is 0 Å². The number of aromatic nitrogens is 4. The number of primary amides is 1. The molecular formula is C21H29N7Na2O14P2. The first kappa shape index (κ1) is 39.6. The average molecular weight is 711 g/mol. The van der Waals surface area contributed by atoms with Crippen molar-refractivity contribution in [2.75, 3.05) is 18.9 Å². The fourth-order valence-electron chi connectivity index (χ4n) is 4.68. The van der Waals surface area contributed by atoms with E-state index in [1.54, 1.807) is 6.08 Å². The van der Waals surface area contributed by atoms with Crippen LogP contribution in [0.2, 0.25) is 0 Å². The molecule has 2 radical (unpaired) electrons. The van der Waals surface area contributed by atoms with E-state index in [1.165, 1.54) is 28.2 Å². The molecular weight excluding hydrogens is 682 g/mol. The molecule has 2 saturated heterocycles. The summed E-state index contributed by atoms with van der Waals surface area (Å²) in [4.78, 5) is 44.6. The molecule has 3 aliphatic rings. The Morgan fingerprint density at radius 1 is 0.935 bits per heavy atom. The number of hydrogen-bond acceptors (Lipinski definition) is 17. The minimum Gasteiger partial charge on any atom is -0.387 e. The van der Waals surface area contributed by atoms with Crippen molar-refractivity contribution in [2.45, 2.75) is 55.5 Å². The number of hydrogen-bond donors (Lipinski definition) is 8. The summed E-state index contributed by atoms with van der Waals surface area (Å²) in [6, 6.07) is 0. The SMILES string of the molecule is NC(=O)C1=CN([C@H]2O[C@H](COP(=O)(O)OP(=O)(O)OC[C@@H]3O[C@H](n4cnc5c(N)ncnc54)[C@@H](O)[C@H]3O)[C@@H](O)[C@H]2O)C=CC1.[Na].[Na]. The van der Waals surface area contributed by atoms with Gasteiger partial charge in [0.15, 0.2) is 23.9 Å². The van der Waals surface area contributed by atoms with Gasteiger partial charge in [-0.15, -0.1) is 0 Å². The van der Waals surface area contributed by atoms with Crippen molar-refractivity contribution in [1.82, 2.24) is 24.4 Å². The number of carbonyl (C=O) groups excluding carboxylic acids is 1. The summed E-state index contributed by atoms with van der Waals surface area (Å²) in [7, 11) is -10.7. The summed E-state index contributed by atoms with van der Waals surface area (Å²) in [5, 5.41) is 41.6. The number of nitrogens with two attached hydrogens (primary N) is 2. The molecule has 0 saturated carbocycles. The van der Waals surface area contributed by atoms with Gasteiger partial charge < -0.3 is 56.1 Å². The number of amides is 1. The van der Waals surface area contributed by atoms with Gasteiger partial charge in [0.25, 0.3) is 0 Å². The van der Waals surface area contributed by atoms with Gasteiger partial charge in [0.2, 0.25) is 5.91 Å². The summed E-state index contributed by atoms with van der Waals surface area (Å²) < 4.78 is 50.8. The Labute approximate surface area is 303 Å². The maximum absolute atomic E-state index is 12.4. The van der Waals surface area contributed by atoms with E-state index in [2.05, 4.69) is 19.3 Å². The minimum atomic E-state index is -5.37. The van der Waals surface area contributed by atoms with Gasteiger partial charge in [0.1, 0.15) is 48.5 Å². The molecule has 21 nitrogen and oxygen atoms in total. The number of aliphatic hydroxyl groups excluding tert-OH is 4.